The van der Waals surface area contributed by atoms with Gasteiger partial charge in [-0.2, -0.15) is 4.98 Å². The molecule has 0 fully saturated rings. The van der Waals surface area contributed by atoms with E-state index in [1.807, 2.05) is 13.8 Å². The van der Waals surface area contributed by atoms with Crippen LogP contribution in [0.1, 0.15) is 51.4 Å². The molecule has 0 aliphatic rings. The third kappa shape index (κ3) is 3.73. The summed E-state index contributed by atoms with van der Waals surface area (Å²) < 4.78 is 10.5. The third-order valence-corrected chi connectivity index (χ3v) is 2.20. The lowest BCUT2D eigenvalue weighted by Gasteiger charge is -2.09. The molecule has 1 atom stereocenters. The van der Waals surface area contributed by atoms with Gasteiger partial charge in [0, 0.05) is 19.4 Å². The molecule has 0 saturated carbocycles. The first-order valence-corrected chi connectivity index (χ1v) is 5.60. The highest BCUT2D eigenvalue weighted by molar-refractivity contribution is 5.75. The Morgan fingerprint density at radius 3 is 2.81 bits per heavy atom. The maximum atomic E-state index is 10.8. The highest BCUT2D eigenvalue weighted by atomic mass is 16.5. The minimum Gasteiger partial charge on any atom is -0.370 e. The molecule has 0 amide bonds. The molecule has 0 aromatic carbocycles. The number of carbonyl (C=O) groups excluding carboxylic acids is 1. The Morgan fingerprint density at radius 1 is 1.50 bits per heavy atom. The smallest absolute Gasteiger partial charge is 0.227 e. The summed E-state index contributed by atoms with van der Waals surface area (Å²) in [5.41, 5.74) is 0. The summed E-state index contributed by atoms with van der Waals surface area (Å²) in [7, 11) is 0. The molecular weight excluding hydrogens is 208 g/mol. The lowest BCUT2D eigenvalue weighted by atomic mass is 10.2. The number of Topliss-reactive ketones (excluding diaryl/α,β-unsaturated/α-hetero) is 1. The molecule has 0 saturated heterocycles. The number of rotatable bonds is 7. The molecule has 0 spiro atoms. The van der Waals surface area contributed by atoms with E-state index in [4.69, 9.17) is 9.26 Å². The fraction of sp³-hybridized carbons (Fsp3) is 0.727. The standard InChI is InChI=1S/C11H18N2O3/c1-4-9(15-5-2)11-12-10(16-13-11)7-6-8(3)14/h9H,4-7H2,1-3H3. The number of nitrogens with zero attached hydrogens (tertiary/aromatic N) is 2. The average molecular weight is 226 g/mol. The van der Waals surface area contributed by atoms with Crippen LogP contribution in [0.4, 0.5) is 0 Å². The van der Waals surface area contributed by atoms with Gasteiger partial charge in [-0.3, -0.25) is 0 Å². The quantitative estimate of drug-likeness (QED) is 0.712. The van der Waals surface area contributed by atoms with E-state index in [0.717, 1.165) is 6.42 Å². The van der Waals surface area contributed by atoms with Gasteiger partial charge in [0.05, 0.1) is 0 Å². The summed E-state index contributed by atoms with van der Waals surface area (Å²) in [6.07, 6.45) is 1.64. The van der Waals surface area contributed by atoms with Crippen LogP contribution in [0.15, 0.2) is 4.52 Å². The predicted octanol–water partition coefficient (Wildman–Crippen LogP) is 2.08. The predicted molar refractivity (Wildman–Crippen MR) is 58.0 cm³/mol. The first kappa shape index (κ1) is 12.8. The van der Waals surface area contributed by atoms with Crippen molar-refractivity contribution in [2.45, 2.75) is 46.1 Å². The zero-order valence-electron chi connectivity index (χ0n) is 10.0. The van der Waals surface area contributed by atoms with Crippen LogP contribution in [0.25, 0.3) is 0 Å². The first-order valence-electron chi connectivity index (χ1n) is 5.60. The Morgan fingerprint density at radius 2 is 2.25 bits per heavy atom. The van der Waals surface area contributed by atoms with Crippen LogP contribution in [0.3, 0.4) is 0 Å². The van der Waals surface area contributed by atoms with Crippen molar-refractivity contribution in [3.63, 3.8) is 0 Å². The summed E-state index contributed by atoms with van der Waals surface area (Å²) >= 11 is 0. The van der Waals surface area contributed by atoms with Gasteiger partial charge in [0.15, 0.2) is 0 Å². The molecule has 0 bridgehead atoms. The van der Waals surface area contributed by atoms with Gasteiger partial charge in [-0.25, -0.2) is 0 Å². The van der Waals surface area contributed by atoms with Gasteiger partial charge in [0.1, 0.15) is 11.9 Å². The van der Waals surface area contributed by atoms with Crippen molar-refractivity contribution >= 4 is 5.78 Å². The SMILES string of the molecule is CCOC(CC)c1noc(CCC(C)=O)n1. The summed E-state index contributed by atoms with van der Waals surface area (Å²) in [5.74, 6) is 1.20. The molecule has 0 N–H and O–H groups in total. The van der Waals surface area contributed by atoms with Crippen molar-refractivity contribution in [2.24, 2.45) is 0 Å². The van der Waals surface area contributed by atoms with E-state index < -0.39 is 0 Å². The Labute approximate surface area is 95.2 Å². The number of aryl methyl sites for hydroxylation is 1. The summed E-state index contributed by atoms with van der Waals surface area (Å²) in [5, 5.41) is 3.86. The molecule has 0 aliphatic heterocycles. The normalized spacial score (nSPS) is 12.7. The van der Waals surface area contributed by atoms with E-state index in [2.05, 4.69) is 10.1 Å². The van der Waals surface area contributed by atoms with Gasteiger partial charge in [0.25, 0.3) is 0 Å². The van der Waals surface area contributed by atoms with Crippen LogP contribution in [-0.2, 0) is 16.0 Å². The van der Waals surface area contributed by atoms with Crippen molar-refractivity contribution in [3.05, 3.63) is 11.7 Å². The van der Waals surface area contributed by atoms with Crippen LogP contribution >= 0.6 is 0 Å². The fourth-order valence-electron chi connectivity index (χ4n) is 1.36. The Kier molecular flexibility index (Phi) is 5.11. The van der Waals surface area contributed by atoms with E-state index in [-0.39, 0.29) is 11.9 Å². The van der Waals surface area contributed by atoms with Crippen LogP contribution < -0.4 is 0 Å². The average Bonchev–Trinajstić information content (AvgIpc) is 2.71. The number of hydrogen-bond donors (Lipinski definition) is 0. The molecule has 90 valence electrons. The van der Waals surface area contributed by atoms with Gasteiger partial charge in [-0.05, 0) is 20.3 Å². The molecule has 1 aromatic rings. The van der Waals surface area contributed by atoms with Crippen molar-refractivity contribution in [3.8, 4) is 0 Å². The summed E-state index contributed by atoms with van der Waals surface area (Å²) in [6, 6.07) is 0. The van der Waals surface area contributed by atoms with Crippen LogP contribution in [-0.4, -0.2) is 22.5 Å². The summed E-state index contributed by atoms with van der Waals surface area (Å²) in [6.45, 7) is 6.10. The lowest BCUT2D eigenvalue weighted by Crippen LogP contribution is -2.05. The Hall–Kier alpha value is -1.23. The molecule has 0 aliphatic carbocycles. The third-order valence-electron chi connectivity index (χ3n) is 2.20. The largest absolute Gasteiger partial charge is 0.370 e. The second kappa shape index (κ2) is 6.37. The molecule has 5 heteroatoms. The van der Waals surface area contributed by atoms with Crippen molar-refractivity contribution < 1.29 is 14.1 Å². The highest BCUT2D eigenvalue weighted by Gasteiger charge is 2.16. The molecule has 1 rings (SSSR count). The zero-order valence-corrected chi connectivity index (χ0v) is 10.0. The fourth-order valence-corrected chi connectivity index (χ4v) is 1.36. The lowest BCUT2D eigenvalue weighted by molar-refractivity contribution is -0.117. The van der Waals surface area contributed by atoms with E-state index >= 15 is 0 Å². The number of carbonyl (C=O) groups is 1. The van der Waals surface area contributed by atoms with E-state index in [9.17, 15) is 4.79 Å². The second-order valence-corrected chi connectivity index (χ2v) is 3.60. The molecule has 5 nitrogen and oxygen atoms in total. The maximum absolute atomic E-state index is 10.8. The van der Waals surface area contributed by atoms with Gasteiger partial charge < -0.3 is 14.1 Å². The molecule has 0 radical (unpaired) electrons. The summed E-state index contributed by atoms with van der Waals surface area (Å²) in [4.78, 5) is 15.0. The van der Waals surface area contributed by atoms with Gasteiger partial charge in [-0.15, -0.1) is 0 Å². The molecule has 1 unspecified atom stereocenters. The van der Waals surface area contributed by atoms with Crippen LogP contribution in [0.2, 0.25) is 0 Å². The van der Waals surface area contributed by atoms with Gasteiger partial charge in [0.2, 0.25) is 11.7 Å². The molecular formula is C11H18N2O3. The van der Waals surface area contributed by atoms with Crippen molar-refractivity contribution in [2.75, 3.05) is 6.61 Å². The van der Waals surface area contributed by atoms with E-state index in [1.165, 1.54) is 0 Å². The number of aromatic nitrogens is 2. The number of ketones is 1. The van der Waals surface area contributed by atoms with Gasteiger partial charge >= 0.3 is 0 Å². The molecule has 1 heterocycles. The molecule has 1 aromatic heterocycles. The Balaban J connectivity index is 2.58. The van der Waals surface area contributed by atoms with Crippen molar-refractivity contribution in [1.29, 1.82) is 0 Å². The Bertz CT molecular complexity index is 336. The topological polar surface area (TPSA) is 65.2 Å². The number of hydrogen-bond acceptors (Lipinski definition) is 5. The van der Waals surface area contributed by atoms with Gasteiger partial charge in [-0.1, -0.05) is 12.1 Å². The second-order valence-electron chi connectivity index (χ2n) is 3.60. The highest BCUT2D eigenvalue weighted by Crippen LogP contribution is 2.17. The van der Waals surface area contributed by atoms with Crippen molar-refractivity contribution in [1.82, 2.24) is 10.1 Å². The minimum atomic E-state index is -0.111. The molecule has 16 heavy (non-hydrogen) atoms. The monoisotopic (exact) mass is 226 g/mol. The zero-order chi connectivity index (χ0) is 12.0. The van der Waals surface area contributed by atoms with E-state index in [1.54, 1.807) is 6.92 Å². The first-order chi connectivity index (χ1) is 7.67. The maximum Gasteiger partial charge on any atom is 0.227 e. The van der Waals surface area contributed by atoms with Crippen LogP contribution in [0.5, 0.6) is 0 Å². The van der Waals surface area contributed by atoms with E-state index in [0.29, 0.717) is 31.2 Å². The number of ether oxygens (including phenoxy) is 1. The minimum absolute atomic E-state index is 0.111. The van der Waals surface area contributed by atoms with Crippen LogP contribution in [0, 0.1) is 0 Å².